The average molecular weight is 430 g/mol. The molecule has 0 aromatic rings. The van der Waals surface area contributed by atoms with Crippen LogP contribution in [0.5, 0.6) is 0 Å². The van der Waals surface area contributed by atoms with E-state index < -0.39 is 0 Å². The predicted molar refractivity (Wildman–Crippen MR) is 104 cm³/mol. The van der Waals surface area contributed by atoms with Crippen molar-refractivity contribution in [2.45, 2.75) is 33.2 Å². The van der Waals surface area contributed by atoms with Gasteiger partial charge in [-0.1, -0.05) is 0 Å². The predicted octanol–water partition coefficient (Wildman–Crippen LogP) is 1.55. The van der Waals surface area contributed by atoms with E-state index in [1.165, 1.54) is 0 Å². The highest BCUT2D eigenvalue weighted by Gasteiger charge is 2.03. The van der Waals surface area contributed by atoms with Crippen LogP contribution in [0.3, 0.4) is 0 Å². The molecule has 0 aromatic heterocycles. The van der Waals surface area contributed by atoms with E-state index in [-0.39, 0.29) is 24.0 Å². The molecule has 0 unspecified atom stereocenters. The van der Waals surface area contributed by atoms with Crippen molar-refractivity contribution in [2.24, 2.45) is 4.99 Å². The summed E-state index contributed by atoms with van der Waals surface area (Å²) in [6.45, 7) is 12.0. The lowest BCUT2D eigenvalue weighted by Gasteiger charge is -2.21. The SMILES string of the molecule is CCNC(=NCCCOCCOC)NCCN(C)C(C)C.I. The van der Waals surface area contributed by atoms with Gasteiger partial charge in [0.15, 0.2) is 5.96 Å². The second-order valence-electron chi connectivity index (χ2n) is 5.22. The maximum absolute atomic E-state index is 5.41. The first-order valence-corrected chi connectivity index (χ1v) is 7.90. The summed E-state index contributed by atoms with van der Waals surface area (Å²) in [4.78, 5) is 6.84. The van der Waals surface area contributed by atoms with Gasteiger partial charge < -0.3 is 25.0 Å². The lowest BCUT2D eigenvalue weighted by atomic mass is 10.3. The summed E-state index contributed by atoms with van der Waals surface area (Å²) in [7, 11) is 3.81. The van der Waals surface area contributed by atoms with Crippen LogP contribution >= 0.6 is 24.0 Å². The van der Waals surface area contributed by atoms with Gasteiger partial charge in [-0.2, -0.15) is 0 Å². The van der Waals surface area contributed by atoms with Crippen molar-refractivity contribution in [1.29, 1.82) is 0 Å². The van der Waals surface area contributed by atoms with Crippen LogP contribution in [0.4, 0.5) is 0 Å². The van der Waals surface area contributed by atoms with E-state index in [1.54, 1.807) is 7.11 Å². The fourth-order valence-corrected chi connectivity index (χ4v) is 1.55. The molecular formula is C15H35IN4O2. The minimum Gasteiger partial charge on any atom is -0.382 e. The Bertz CT molecular complexity index is 266. The Balaban J connectivity index is 0. The van der Waals surface area contributed by atoms with Gasteiger partial charge >= 0.3 is 0 Å². The molecule has 7 heteroatoms. The van der Waals surface area contributed by atoms with Crippen molar-refractivity contribution in [3.63, 3.8) is 0 Å². The molecule has 0 rings (SSSR count). The lowest BCUT2D eigenvalue weighted by molar-refractivity contribution is 0.0702. The van der Waals surface area contributed by atoms with Crippen LogP contribution in [0.2, 0.25) is 0 Å². The Labute approximate surface area is 153 Å². The fraction of sp³-hybridized carbons (Fsp3) is 0.933. The van der Waals surface area contributed by atoms with Crippen molar-refractivity contribution in [2.75, 3.05) is 60.2 Å². The topological polar surface area (TPSA) is 58.1 Å². The first-order chi connectivity index (χ1) is 10.1. The number of likely N-dealkylation sites (N-methyl/N-ethyl adjacent to an activating group) is 1. The molecule has 0 aliphatic heterocycles. The average Bonchev–Trinajstić information content (AvgIpc) is 2.45. The summed E-state index contributed by atoms with van der Waals surface area (Å²) in [5, 5.41) is 6.61. The maximum Gasteiger partial charge on any atom is 0.191 e. The minimum atomic E-state index is 0. The van der Waals surface area contributed by atoms with E-state index >= 15 is 0 Å². The monoisotopic (exact) mass is 430 g/mol. The summed E-state index contributed by atoms with van der Waals surface area (Å²) in [6, 6.07) is 0.565. The molecule has 0 amide bonds. The zero-order chi connectivity index (χ0) is 15.9. The van der Waals surface area contributed by atoms with Crippen molar-refractivity contribution in [3.05, 3.63) is 0 Å². The Morgan fingerprint density at radius 3 is 2.50 bits per heavy atom. The fourth-order valence-electron chi connectivity index (χ4n) is 1.55. The number of methoxy groups -OCH3 is 1. The van der Waals surface area contributed by atoms with Gasteiger partial charge in [0.1, 0.15) is 0 Å². The zero-order valence-electron chi connectivity index (χ0n) is 14.9. The zero-order valence-corrected chi connectivity index (χ0v) is 17.2. The third-order valence-corrected chi connectivity index (χ3v) is 3.13. The lowest BCUT2D eigenvalue weighted by Crippen LogP contribution is -2.42. The number of hydrogen-bond acceptors (Lipinski definition) is 4. The standard InChI is InChI=1S/C15H34N4O2.HI/c1-6-16-15(18-9-10-19(4)14(2)3)17-8-7-11-21-13-12-20-5;/h14H,6-13H2,1-5H3,(H2,16,17,18);1H. The minimum absolute atomic E-state index is 0. The Morgan fingerprint density at radius 1 is 1.18 bits per heavy atom. The van der Waals surface area contributed by atoms with Gasteiger partial charge in [-0.15, -0.1) is 24.0 Å². The smallest absolute Gasteiger partial charge is 0.191 e. The number of rotatable bonds is 12. The molecule has 0 radical (unpaired) electrons. The van der Waals surface area contributed by atoms with Gasteiger partial charge in [0.05, 0.1) is 13.2 Å². The van der Waals surface area contributed by atoms with Crippen molar-refractivity contribution in [3.8, 4) is 0 Å². The highest BCUT2D eigenvalue weighted by Crippen LogP contribution is 1.91. The first-order valence-electron chi connectivity index (χ1n) is 7.90. The molecule has 0 aliphatic rings. The number of nitrogens with zero attached hydrogens (tertiary/aromatic N) is 2. The first kappa shape index (κ1) is 24.1. The van der Waals surface area contributed by atoms with E-state index in [4.69, 9.17) is 9.47 Å². The van der Waals surface area contributed by atoms with Crippen LogP contribution in [-0.4, -0.2) is 77.1 Å². The van der Waals surface area contributed by atoms with Crippen LogP contribution in [0.15, 0.2) is 4.99 Å². The summed E-state index contributed by atoms with van der Waals surface area (Å²) in [5.74, 6) is 0.881. The second-order valence-corrected chi connectivity index (χ2v) is 5.22. The van der Waals surface area contributed by atoms with Crippen LogP contribution in [0, 0.1) is 0 Å². The van der Waals surface area contributed by atoms with Gasteiger partial charge in [0, 0.05) is 45.9 Å². The molecular weight excluding hydrogens is 395 g/mol. The number of halogens is 1. The number of nitrogens with one attached hydrogen (secondary N) is 2. The second kappa shape index (κ2) is 17.2. The van der Waals surface area contributed by atoms with Crippen LogP contribution in [0.1, 0.15) is 27.2 Å². The Hall–Kier alpha value is -0.120. The number of aliphatic imine (C=N–C) groups is 1. The maximum atomic E-state index is 5.41. The third-order valence-electron chi connectivity index (χ3n) is 3.13. The Kier molecular flexibility index (Phi) is 18.9. The highest BCUT2D eigenvalue weighted by molar-refractivity contribution is 14.0. The molecule has 0 bridgehead atoms. The highest BCUT2D eigenvalue weighted by atomic mass is 127. The normalized spacial score (nSPS) is 11.7. The number of ether oxygens (including phenoxy) is 2. The summed E-state index contributed by atoms with van der Waals surface area (Å²) < 4.78 is 10.3. The van der Waals surface area contributed by atoms with Crippen molar-refractivity contribution >= 4 is 29.9 Å². The van der Waals surface area contributed by atoms with Gasteiger partial charge in [-0.25, -0.2) is 0 Å². The third kappa shape index (κ3) is 14.8. The number of hydrogen-bond donors (Lipinski definition) is 2. The quantitative estimate of drug-likeness (QED) is 0.213. The van der Waals surface area contributed by atoms with E-state index in [2.05, 4.69) is 48.3 Å². The molecule has 0 heterocycles. The molecule has 0 aromatic carbocycles. The van der Waals surface area contributed by atoms with Crippen LogP contribution < -0.4 is 10.6 Å². The molecule has 6 nitrogen and oxygen atoms in total. The molecule has 0 spiro atoms. The van der Waals surface area contributed by atoms with E-state index in [9.17, 15) is 0 Å². The van der Waals surface area contributed by atoms with Gasteiger partial charge in [-0.3, -0.25) is 4.99 Å². The Morgan fingerprint density at radius 2 is 1.91 bits per heavy atom. The van der Waals surface area contributed by atoms with Gasteiger partial charge in [-0.05, 0) is 34.2 Å². The molecule has 0 aliphatic carbocycles. The van der Waals surface area contributed by atoms with E-state index in [0.29, 0.717) is 19.3 Å². The summed E-state index contributed by atoms with van der Waals surface area (Å²) in [5.41, 5.74) is 0. The molecule has 22 heavy (non-hydrogen) atoms. The molecule has 2 N–H and O–H groups in total. The molecule has 0 atom stereocenters. The summed E-state index contributed by atoms with van der Waals surface area (Å²) >= 11 is 0. The largest absolute Gasteiger partial charge is 0.382 e. The van der Waals surface area contributed by atoms with Crippen molar-refractivity contribution < 1.29 is 9.47 Å². The van der Waals surface area contributed by atoms with E-state index in [1.807, 2.05) is 0 Å². The van der Waals surface area contributed by atoms with Crippen molar-refractivity contribution in [1.82, 2.24) is 15.5 Å². The van der Waals surface area contributed by atoms with Gasteiger partial charge in [0.2, 0.25) is 0 Å². The molecule has 0 fully saturated rings. The molecule has 0 saturated carbocycles. The van der Waals surface area contributed by atoms with Crippen LogP contribution in [0.25, 0.3) is 0 Å². The molecule has 0 saturated heterocycles. The van der Waals surface area contributed by atoms with Crippen LogP contribution in [-0.2, 0) is 9.47 Å². The number of guanidine groups is 1. The van der Waals surface area contributed by atoms with Gasteiger partial charge in [0.25, 0.3) is 0 Å². The molecule has 134 valence electrons. The van der Waals surface area contributed by atoms with E-state index in [0.717, 1.165) is 45.2 Å². The summed E-state index contributed by atoms with van der Waals surface area (Å²) in [6.07, 6.45) is 0.923.